The molecule has 0 amide bonds. The van der Waals surface area contributed by atoms with E-state index >= 15 is 0 Å². The van der Waals surface area contributed by atoms with E-state index in [9.17, 15) is 0 Å². The molecule has 0 saturated carbocycles. The summed E-state index contributed by atoms with van der Waals surface area (Å²) in [7, 11) is 0. The average molecular weight is 319 g/mol. The highest BCUT2D eigenvalue weighted by molar-refractivity contribution is 8.23. The third-order valence-corrected chi connectivity index (χ3v) is 4.05. The molecule has 1 rings (SSSR count). The Morgan fingerprint density at radius 1 is 1.26 bits per heavy atom. The fraction of sp³-hybridized carbons (Fsp3) is 0.500. The van der Waals surface area contributed by atoms with Crippen molar-refractivity contribution in [2.75, 3.05) is 19.6 Å². The summed E-state index contributed by atoms with van der Waals surface area (Å²) in [5.74, 6) is 0. The van der Waals surface area contributed by atoms with Gasteiger partial charge in [-0.1, -0.05) is 56.4 Å². The molecule has 0 unspecified atom stereocenters. The monoisotopic (exact) mass is 318 g/mol. The Morgan fingerprint density at radius 2 is 1.79 bits per heavy atom. The van der Waals surface area contributed by atoms with Gasteiger partial charge in [0, 0.05) is 9.92 Å². The molecule has 1 aromatic carbocycles. The molecule has 0 atom stereocenters. The highest BCUT2D eigenvalue weighted by atomic mass is 35.5. The van der Waals surface area contributed by atoms with Gasteiger partial charge in [0.2, 0.25) is 0 Å². The van der Waals surface area contributed by atoms with Gasteiger partial charge in [0.15, 0.2) is 0 Å². The zero-order chi connectivity index (χ0) is 14.8. The van der Waals surface area contributed by atoms with E-state index in [-0.39, 0.29) is 0 Å². The normalized spacial score (nSPS) is 10.0. The summed E-state index contributed by atoms with van der Waals surface area (Å²) in [4.78, 5) is 3.44. The quantitative estimate of drug-likeness (QED) is 0.661. The van der Waals surface area contributed by atoms with Crippen LogP contribution >= 0.6 is 35.6 Å². The molecule has 0 fully saturated rings. The number of nitrogens with two attached hydrogens (primary N) is 1. The Labute approximate surface area is 131 Å². The molecular formula is C14H23ClN2S2. The number of nitrogens with zero attached hydrogens (tertiary/aromatic N) is 1. The predicted molar refractivity (Wildman–Crippen MR) is 92.3 cm³/mol. The van der Waals surface area contributed by atoms with Gasteiger partial charge in [-0.05, 0) is 50.3 Å². The number of thiocarbonyl (C=S) groups is 1. The van der Waals surface area contributed by atoms with Crippen molar-refractivity contribution < 1.29 is 0 Å². The molecule has 0 aliphatic heterocycles. The fourth-order valence-electron chi connectivity index (χ4n) is 1.51. The van der Waals surface area contributed by atoms with Crippen LogP contribution in [-0.2, 0) is 0 Å². The average Bonchev–Trinajstić information content (AvgIpc) is 2.35. The summed E-state index contributed by atoms with van der Waals surface area (Å²) < 4.78 is 0.431. The molecule has 1 aromatic rings. The number of thioether (sulfide) groups is 1. The molecule has 2 nitrogen and oxygen atoms in total. The molecular weight excluding hydrogens is 296 g/mol. The molecule has 0 heterocycles. The number of halogens is 1. The number of rotatable bonds is 4. The van der Waals surface area contributed by atoms with Crippen LogP contribution in [-0.4, -0.2) is 28.9 Å². The highest BCUT2D eigenvalue weighted by Crippen LogP contribution is 2.24. The lowest BCUT2D eigenvalue weighted by Gasteiger charge is -2.13. The van der Waals surface area contributed by atoms with Crippen LogP contribution in [0.1, 0.15) is 26.3 Å². The second-order valence-electron chi connectivity index (χ2n) is 3.95. The van der Waals surface area contributed by atoms with Gasteiger partial charge in [-0.25, -0.2) is 0 Å². The van der Waals surface area contributed by atoms with Crippen molar-refractivity contribution in [2.45, 2.75) is 32.6 Å². The Balaban J connectivity index is 0.000000399. The van der Waals surface area contributed by atoms with Crippen molar-refractivity contribution in [2.24, 2.45) is 5.73 Å². The standard InChI is InChI=1S/C8H8ClNS2.C6H15N/c1-5-4-6(9)2-3-7(5)12-8(10)11;1-4-7(5-2)6-3/h2-4H,1H3,(H2,10,11);4-6H2,1-3H3. The molecule has 0 aliphatic rings. The molecule has 0 aliphatic carbocycles. The van der Waals surface area contributed by atoms with E-state index in [1.54, 1.807) is 0 Å². The van der Waals surface area contributed by atoms with Gasteiger partial charge in [0.25, 0.3) is 0 Å². The Hall–Kier alpha value is -0.290. The molecule has 108 valence electrons. The maximum absolute atomic E-state index is 5.78. The zero-order valence-electron chi connectivity index (χ0n) is 12.1. The lowest BCUT2D eigenvalue weighted by molar-refractivity contribution is 0.321. The Bertz CT molecular complexity index is 388. The smallest absolute Gasteiger partial charge is 0.136 e. The van der Waals surface area contributed by atoms with E-state index in [1.165, 1.54) is 31.4 Å². The first-order valence-electron chi connectivity index (χ1n) is 6.40. The van der Waals surface area contributed by atoms with Gasteiger partial charge in [-0.2, -0.15) is 0 Å². The van der Waals surface area contributed by atoms with Crippen molar-refractivity contribution in [3.05, 3.63) is 28.8 Å². The van der Waals surface area contributed by atoms with E-state index in [0.29, 0.717) is 4.32 Å². The Kier molecular flexibility index (Phi) is 10.3. The summed E-state index contributed by atoms with van der Waals surface area (Å²) in [5.41, 5.74) is 6.49. The number of hydrogen-bond acceptors (Lipinski definition) is 3. The minimum absolute atomic E-state index is 0.431. The molecule has 2 N–H and O–H groups in total. The maximum atomic E-state index is 5.78. The Morgan fingerprint density at radius 3 is 2.11 bits per heavy atom. The third kappa shape index (κ3) is 8.47. The van der Waals surface area contributed by atoms with Crippen LogP contribution < -0.4 is 5.73 Å². The van der Waals surface area contributed by atoms with Crippen molar-refractivity contribution in [3.8, 4) is 0 Å². The van der Waals surface area contributed by atoms with Crippen LogP contribution in [0.4, 0.5) is 0 Å². The van der Waals surface area contributed by atoms with E-state index in [0.717, 1.165) is 15.5 Å². The van der Waals surface area contributed by atoms with Gasteiger partial charge >= 0.3 is 0 Å². The number of hydrogen-bond donors (Lipinski definition) is 1. The van der Waals surface area contributed by atoms with Crippen LogP contribution in [0.5, 0.6) is 0 Å². The van der Waals surface area contributed by atoms with Crippen LogP contribution in [0.25, 0.3) is 0 Å². The van der Waals surface area contributed by atoms with Crippen molar-refractivity contribution >= 4 is 39.9 Å². The maximum Gasteiger partial charge on any atom is 0.136 e. The SMILES string of the molecule is CCN(CC)CC.Cc1cc(Cl)ccc1SC(N)=S. The summed E-state index contributed by atoms with van der Waals surface area (Å²) in [6.45, 7) is 12.1. The van der Waals surface area contributed by atoms with Crippen LogP contribution in [0.15, 0.2) is 23.1 Å². The second kappa shape index (κ2) is 10.5. The first-order chi connectivity index (χ1) is 8.94. The van der Waals surface area contributed by atoms with Crippen molar-refractivity contribution in [1.29, 1.82) is 0 Å². The van der Waals surface area contributed by atoms with Crippen LogP contribution in [0.2, 0.25) is 5.02 Å². The molecule has 0 bridgehead atoms. The van der Waals surface area contributed by atoms with E-state index < -0.39 is 0 Å². The topological polar surface area (TPSA) is 29.3 Å². The van der Waals surface area contributed by atoms with Gasteiger partial charge in [-0.3, -0.25) is 0 Å². The predicted octanol–water partition coefficient (Wildman–Crippen LogP) is 4.33. The van der Waals surface area contributed by atoms with Gasteiger partial charge in [0.1, 0.15) is 4.32 Å². The first-order valence-corrected chi connectivity index (χ1v) is 8.00. The zero-order valence-corrected chi connectivity index (χ0v) is 14.5. The van der Waals surface area contributed by atoms with Gasteiger partial charge < -0.3 is 10.6 Å². The summed E-state index contributed by atoms with van der Waals surface area (Å²) in [6, 6.07) is 5.64. The fourth-order valence-corrected chi connectivity index (χ4v) is 2.58. The molecule has 0 aromatic heterocycles. The van der Waals surface area contributed by atoms with Gasteiger partial charge in [-0.15, -0.1) is 0 Å². The summed E-state index contributed by atoms with van der Waals surface area (Å²) >= 11 is 11.9. The van der Waals surface area contributed by atoms with E-state index in [4.69, 9.17) is 29.6 Å². The second-order valence-corrected chi connectivity index (χ2v) is 6.17. The molecule has 0 radical (unpaired) electrons. The largest absolute Gasteiger partial charge is 0.384 e. The molecule has 5 heteroatoms. The lowest BCUT2D eigenvalue weighted by atomic mass is 10.2. The first kappa shape index (κ1) is 18.7. The minimum Gasteiger partial charge on any atom is -0.384 e. The molecule has 19 heavy (non-hydrogen) atoms. The van der Waals surface area contributed by atoms with Crippen molar-refractivity contribution in [1.82, 2.24) is 4.90 Å². The van der Waals surface area contributed by atoms with Crippen LogP contribution in [0, 0.1) is 6.92 Å². The van der Waals surface area contributed by atoms with Crippen LogP contribution in [0.3, 0.4) is 0 Å². The summed E-state index contributed by atoms with van der Waals surface area (Å²) in [5, 5.41) is 0.736. The number of aryl methyl sites for hydroxylation is 1. The molecule has 0 saturated heterocycles. The molecule has 0 spiro atoms. The summed E-state index contributed by atoms with van der Waals surface area (Å²) in [6.07, 6.45) is 0. The number of benzene rings is 1. The van der Waals surface area contributed by atoms with Gasteiger partial charge in [0.05, 0.1) is 0 Å². The minimum atomic E-state index is 0.431. The third-order valence-electron chi connectivity index (χ3n) is 2.69. The van der Waals surface area contributed by atoms with Crippen molar-refractivity contribution in [3.63, 3.8) is 0 Å². The van der Waals surface area contributed by atoms with E-state index in [1.807, 2.05) is 25.1 Å². The lowest BCUT2D eigenvalue weighted by Crippen LogP contribution is -2.21. The van der Waals surface area contributed by atoms with E-state index in [2.05, 4.69) is 25.7 Å². The highest BCUT2D eigenvalue weighted by Gasteiger charge is 2.00.